The van der Waals surface area contributed by atoms with Crippen LogP contribution in [-0.4, -0.2) is 14.5 Å². The molecule has 57 heavy (non-hydrogen) atoms. The Kier molecular flexibility index (Phi) is 8.42. The topological polar surface area (TPSA) is 30.7 Å². The molecule has 0 unspecified atom stereocenters. The number of allylic oxidation sites excluding steroid dienone is 2. The lowest BCUT2D eigenvalue weighted by Gasteiger charge is -2.34. The highest BCUT2D eigenvalue weighted by Crippen LogP contribution is 2.57. The van der Waals surface area contributed by atoms with Crippen molar-refractivity contribution in [2.75, 3.05) is 0 Å². The van der Waals surface area contributed by atoms with Crippen LogP contribution in [0, 0.1) is 6.92 Å². The highest BCUT2D eigenvalue weighted by molar-refractivity contribution is 5.94. The molecule has 7 aromatic carbocycles. The van der Waals surface area contributed by atoms with E-state index >= 15 is 0 Å². The third kappa shape index (κ3) is 5.58. The minimum absolute atomic E-state index is 0.666. The van der Waals surface area contributed by atoms with Crippen molar-refractivity contribution in [3.63, 3.8) is 0 Å². The Balaban J connectivity index is 1.22. The van der Waals surface area contributed by atoms with Gasteiger partial charge in [0.25, 0.3) is 0 Å². The monoisotopic (exact) mass is 729 g/mol. The fourth-order valence-electron chi connectivity index (χ4n) is 8.84. The summed E-state index contributed by atoms with van der Waals surface area (Å²) in [5.74, 6) is 0.666. The van der Waals surface area contributed by atoms with Crippen molar-refractivity contribution in [1.29, 1.82) is 0 Å². The number of hydrogen-bond acceptors (Lipinski definition) is 2. The molecule has 0 aliphatic heterocycles. The van der Waals surface area contributed by atoms with Crippen molar-refractivity contribution in [3.8, 4) is 39.5 Å². The number of nitrogens with zero attached hydrogens (tertiary/aromatic N) is 3. The summed E-state index contributed by atoms with van der Waals surface area (Å²) in [6, 6.07) is 68.6. The van der Waals surface area contributed by atoms with E-state index in [1.165, 1.54) is 27.6 Å². The largest absolute Gasteiger partial charge is 0.310 e. The Morgan fingerprint density at radius 2 is 1.11 bits per heavy atom. The van der Waals surface area contributed by atoms with Crippen molar-refractivity contribution in [3.05, 3.63) is 246 Å². The first kappa shape index (κ1) is 34.2. The molecule has 1 aliphatic rings. The number of rotatable bonds is 8. The highest BCUT2D eigenvalue weighted by atomic mass is 15.0. The Labute approximate surface area is 333 Å². The van der Waals surface area contributed by atoms with Gasteiger partial charge in [-0.3, -0.25) is 0 Å². The van der Waals surface area contributed by atoms with Gasteiger partial charge in [0.15, 0.2) is 5.82 Å². The standard InChI is InChI=1S/C54H39N3/c1-37(31-36-48-38(2)45-27-16-18-30-49(45)57(48)44-25-13-6-14-26-44)51-50-52(56-53(55-51)41-34-32-40(33-35-41)39-19-7-3-8-20-39)46-28-15-17-29-47(46)54(50,42-21-9-4-10-22-42)43-23-11-5-12-24-43/h3-36H,1H2,2H3/b36-31-. The Morgan fingerprint density at radius 1 is 0.561 bits per heavy atom. The van der Waals surface area contributed by atoms with E-state index in [4.69, 9.17) is 16.5 Å². The smallest absolute Gasteiger partial charge is 0.160 e. The van der Waals surface area contributed by atoms with E-state index in [2.05, 4.69) is 212 Å². The third-order valence-corrected chi connectivity index (χ3v) is 11.5. The van der Waals surface area contributed by atoms with Gasteiger partial charge in [0.05, 0.1) is 22.3 Å². The summed E-state index contributed by atoms with van der Waals surface area (Å²) >= 11 is 0. The summed E-state index contributed by atoms with van der Waals surface area (Å²) < 4.78 is 2.34. The molecule has 0 radical (unpaired) electrons. The summed E-state index contributed by atoms with van der Waals surface area (Å²) in [6.07, 6.45) is 4.36. The predicted molar refractivity (Wildman–Crippen MR) is 236 cm³/mol. The third-order valence-electron chi connectivity index (χ3n) is 11.5. The normalized spacial score (nSPS) is 12.8. The van der Waals surface area contributed by atoms with Gasteiger partial charge in [0.1, 0.15) is 0 Å². The molecule has 0 spiro atoms. The molecular formula is C54H39N3. The van der Waals surface area contributed by atoms with Crippen LogP contribution >= 0.6 is 0 Å². The van der Waals surface area contributed by atoms with Crippen molar-refractivity contribution in [2.45, 2.75) is 12.3 Å². The summed E-state index contributed by atoms with van der Waals surface area (Å²) in [5.41, 5.74) is 15.4. The number of benzene rings is 7. The Hall–Kier alpha value is -7.36. The number of aromatic nitrogens is 3. The molecule has 0 saturated heterocycles. The first-order valence-electron chi connectivity index (χ1n) is 19.4. The molecular weight excluding hydrogens is 691 g/mol. The molecule has 0 bridgehead atoms. The lowest BCUT2D eigenvalue weighted by molar-refractivity contribution is 0.757. The van der Waals surface area contributed by atoms with E-state index in [0.717, 1.165) is 61.7 Å². The van der Waals surface area contributed by atoms with Gasteiger partial charge in [0.2, 0.25) is 0 Å². The molecule has 9 aromatic rings. The molecule has 0 fully saturated rings. The van der Waals surface area contributed by atoms with Gasteiger partial charge in [-0.15, -0.1) is 0 Å². The molecule has 0 atom stereocenters. The van der Waals surface area contributed by atoms with Gasteiger partial charge in [-0.2, -0.15) is 0 Å². The second-order valence-corrected chi connectivity index (χ2v) is 14.6. The van der Waals surface area contributed by atoms with Crippen LogP contribution in [0.1, 0.15) is 39.2 Å². The molecule has 3 nitrogen and oxygen atoms in total. The van der Waals surface area contributed by atoms with Gasteiger partial charge in [-0.25, -0.2) is 9.97 Å². The van der Waals surface area contributed by atoms with Gasteiger partial charge in [0, 0.05) is 33.5 Å². The van der Waals surface area contributed by atoms with Gasteiger partial charge in [-0.1, -0.05) is 189 Å². The highest BCUT2D eigenvalue weighted by Gasteiger charge is 2.49. The maximum atomic E-state index is 5.54. The second-order valence-electron chi connectivity index (χ2n) is 14.6. The molecule has 10 rings (SSSR count). The summed E-state index contributed by atoms with van der Waals surface area (Å²) in [6.45, 7) is 7.03. The lowest BCUT2D eigenvalue weighted by atomic mass is 9.67. The number of para-hydroxylation sites is 2. The second kappa shape index (κ2) is 14.1. The van der Waals surface area contributed by atoms with Crippen LogP contribution in [0.3, 0.4) is 0 Å². The van der Waals surface area contributed by atoms with Crippen molar-refractivity contribution in [1.82, 2.24) is 14.5 Å². The number of hydrogen-bond donors (Lipinski definition) is 0. The van der Waals surface area contributed by atoms with Crippen LogP contribution in [0.25, 0.3) is 62.0 Å². The van der Waals surface area contributed by atoms with Crippen LogP contribution in [0.2, 0.25) is 0 Å². The average Bonchev–Trinajstić information content (AvgIpc) is 3.75. The van der Waals surface area contributed by atoms with Crippen LogP contribution in [0.15, 0.2) is 207 Å². The molecule has 3 heteroatoms. The first-order valence-corrected chi connectivity index (χ1v) is 19.4. The van der Waals surface area contributed by atoms with Crippen molar-refractivity contribution < 1.29 is 0 Å². The van der Waals surface area contributed by atoms with Crippen molar-refractivity contribution >= 4 is 22.6 Å². The summed E-state index contributed by atoms with van der Waals surface area (Å²) in [4.78, 5) is 11.0. The molecule has 1 aliphatic carbocycles. The Bertz CT molecular complexity index is 2900. The van der Waals surface area contributed by atoms with Crippen LogP contribution in [0.5, 0.6) is 0 Å². The number of fused-ring (bicyclic) bond motifs is 4. The van der Waals surface area contributed by atoms with Gasteiger partial charge in [-0.05, 0) is 70.2 Å². The zero-order valence-corrected chi connectivity index (χ0v) is 31.7. The minimum Gasteiger partial charge on any atom is -0.310 e. The van der Waals surface area contributed by atoms with E-state index in [-0.39, 0.29) is 0 Å². The van der Waals surface area contributed by atoms with Gasteiger partial charge >= 0.3 is 0 Å². The maximum Gasteiger partial charge on any atom is 0.160 e. The minimum atomic E-state index is -0.689. The molecule has 0 amide bonds. The van der Waals surface area contributed by atoms with E-state index in [1.54, 1.807) is 0 Å². The van der Waals surface area contributed by atoms with E-state index in [0.29, 0.717) is 5.82 Å². The molecule has 270 valence electrons. The maximum absolute atomic E-state index is 5.54. The van der Waals surface area contributed by atoms with E-state index in [9.17, 15) is 0 Å². The molecule has 2 aromatic heterocycles. The van der Waals surface area contributed by atoms with Crippen molar-refractivity contribution in [2.24, 2.45) is 0 Å². The predicted octanol–water partition coefficient (Wildman–Crippen LogP) is 13.2. The van der Waals surface area contributed by atoms with Crippen LogP contribution < -0.4 is 0 Å². The summed E-state index contributed by atoms with van der Waals surface area (Å²) in [7, 11) is 0. The number of aryl methyl sites for hydroxylation is 1. The SMILES string of the molecule is C=C(/C=C\c1c(C)c2ccccc2n1-c1ccccc1)c1nc(-c2ccc(-c3ccccc3)cc2)nc2c1C(c1ccccc1)(c1ccccc1)c1ccccc1-2. The van der Waals surface area contributed by atoms with Crippen LogP contribution in [-0.2, 0) is 5.41 Å². The fraction of sp³-hybridized carbons (Fsp3) is 0.0370. The molecule has 0 saturated carbocycles. The summed E-state index contributed by atoms with van der Waals surface area (Å²) in [5, 5.41) is 1.22. The van der Waals surface area contributed by atoms with E-state index in [1.807, 2.05) is 6.07 Å². The molecule has 0 N–H and O–H groups in total. The fourth-order valence-corrected chi connectivity index (χ4v) is 8.84. The zero-order chi connectivity index (χ0) is 38.3. The van der Waals surface area contributed by atoms with Gasteiger partial charge < -0.3 is 4.57 Å². The Morgan fingerprint density at radius 3 is 1.79 bits per heavy atom. The molecule has 2 heterocycles. The van der Waals surface area contributed by atoms with Crippen LogP contribution in [0.4, 0.5) is 0 Å². The zero-order valence-electron chi connectivity index (χ0n) is 31.7. The lowest BCUT2D eigenvalue weighted by Crippen LogP contribution is -2.30. The average molecular weight is 730 g/mol. The first-order chi connectivity index (χ1) is 28.1. The quantitative estimate of drug-likeness (QED) is 0.146. The van der Waals surface area contributed by atoms with E-state index < -0.39 is 5.41 Å².